The van der Waals surface area contributed by atoms with Gasteiger partial charge in [0.2, 0.25) is 0 Å². The fraction of sp³-hybridized carbons (Fsp3) is 0.286. The van der Waals surface area contributed by atoms with Gasteiger partial charge in [0, 0.05) is 24.6 Å². The van der Waals surface area contributed by atoms with Gasteiger partial charge in [-0.2, -0.15) is 0 Å². The molecule has 0 saturated heterocycles. The summed E-state index contributed by atoms with van der Waals surface area (Å²) in [6.45, 7) is 3.25. The van der Waals surface area contributed by atoms with Gasteiger partial charge in [-0.15, -0.1) is 24.0 Å². The van der Waals surface area contributed by atoms with Crippen molar-refractivity contribution in [2.45, 2.75) is 13.5 Å². The monoisotopic (exact) mass is 435 g/mol. The summed E-state index contributed by atoms with van der Waals surface area (Å²) in [7, 11) is 1.57. The number of benzene rings is 1. The van der Waals surface area contributed by atoms with Crippen LogP contribution in [0.2, 0.25) is 5.02 Å². The summed E-state index contributed by atoms with van der Waals surface area (Å²) in [5, 5.41) is 3.51. The Morgan fingerprint density at radius 2 is 2.27 bits per heavy atom. The van der Waals surface area contributed by atoms with Gasteiger partial charge in [0.15, 0.2) is 5.96 Å². The molecule has 0 saturated carbocycles. The number of rotatable bonds is 5. The number of anilines is 1. The highest BCUT2D eigenvalue weighted by atomic mass is 127. The summed E-state index contributed by atoms with van der Waals surface area (Å²) in [6, 6.07) is 5.34. The van der Waals surface area contributed by atoms with Crippen LogP contribution in [0.25, 0.3) is 0 Å². The molecule has 0 aliphatic heterocycles. The lowest BCUT2D eigenvalue weighted by atomic mass is 10.3. The fourth-order valence-electron chi connectivity index (χ4n) is 1.85. The Morgan fingerprint density at radius 1 is 1.50 bits per heavy atom. The molecule has 0 aliphatic carbocycles. The number of aryl methyl sites for hydroxylation is 1. The molecule has 0 radical (unpaired) electrons. The van der Waals surface area contributed by atoms with Crippen molar-refractivity contribution in [2.75, 3.05) is 19.0 Å². The largest absolute Gasteiger partial charge is 0.495 e. The van der Waals surface area contributed by atoms with E-state index in [4.69, 9.17) is 22.1 Å². The molecule has 6 nitrogen and oxygen atoms in total. The van der Waals surface area contributed by atoms with Crippen molar-refractivity contribution in [3.05, 3.63) is 41.4 Å². The maximum Gasteiger partial charge on any atom is 0.193 e. The van der Waals surface area contributed by atoms with E-state index in [2.05, 4.69) is 15.3 Å². The summed E-state index contributed by atoms with van der Waals surface area (Å²) >= 11 is 6.05. The number of halogens is 2. The molecule has 0 unspecified atom stereocenters. The maximum absolute atomic E-state index is 6.05. The number of ether oxygens (including phenoxy) is 1. The maximum atomic E-state index is 6.05. The van der Waals surface area contributed by atoms with E-state index in [0.29, 0.717) is 23.3 Å². The van der Waals surface area contributed by atoms with Gasteiger partial charge in [-0.1, -0.05) is 11.6 Å². The van der Waals surface area contributed by atoms with Crippen LogP contribution < -0.4 is 15.8 Å². The number of aliphatic imine (C=N–C) groups is 1. The zero-order valence-corrected chi connectivity index (χ0v) is 15.5. The van der Waals surface area contributed by atoms with Gasteiger partial charge in [-0.3, -0.25) is 4.99 Å². The molecule has 1 aromatic carbocycles. The SMILES string of the molecule is COc1ccc(NC(N)=NCCn2ccnc2C)cc1Cl.I. The molecule has 0 bridgehead atoms. The van der Waals surface area contributed by atoms with E-state index >= 15 is 0 Å². The van der Waals surface area contributed by atoms with Crippen molar-refractivity contribution in [3.63, 3.8) is 0 Å². The van der Waals surface area contributed by atoms with Crippen molar-refractivity contribution in [3.8, 4) is 5.75 Å². The molecule has 0 fully saturated rings. The minimum atomic E-state index is 0. The van der Waals surface area contributed by atoms with Crippen LogP contribution in [0.15, 0.2) is 35.6 Å². The molecule has 2 rings (SSSR count). The Kier molecular flexibility index (Phi) is 7.46. The second-order valence-corrected chi connectivity index (χ2v) is 4.82. The average molecular weight is 436 g/mol. The Hall–Kier alpha value is -1.48. The first-order chi connectivity index (χ1) is 10.1. The van der Waals surface area contributed by atoms with E-state index in [-0.39, 0.29) is 24.0 Å². The van der Waals surface area contributed by atoms with Crippen LogP contribution >= 0.6 is 35.6 Å². The first-order valence-corrected chi connectivity index (χ1v) is 6.86. The molecule has 1 heterocycles. The van der Waals surface area contributed by atoms with Crippen LogP contribution in [0.1, 0.15) is 5.82 Å². The zero-order valence-electron chi connectivity index (χ0n) is 12.4. The normalized spacial score (nSPS) is 11.0. The molecule has 0 amide bonds. The number of hydrogen-bond donors (Lipinski definition) is 2. The van der Waals surface area contributed by atoms with Crippen molar-refractivity contribution in [1.82, 2.24) is 9.55 Å². The van der Waals surface area contributed by atoms with Gasteiger partial charge in [0.05, 0.1) is 18.7 Å². The number of guanidine groups is 1. The molecular formula is C14H19ClIN5O. The van der Waals surface area contributed by atoms with Gasteiger partial charge < -0.3 is 20.4 Å². The third-order valence-corrected chi connectivity index (χ3v) is 3.27. The summed E-state index contributed by atoms with van der Waals surface area (Å²) in [4.78, 5) is 8.42. The summed E-state index contributed by atoms with van der Waals surface area (Å²) in [5.74, 6) is 1.92. The predicted molar refractivity (Wildman–Crippen MR) is 100 cm³/mol. The van der Waals surface area contributed by atoms with Crippen LogP contribution in [-0.4, -0.2) is 29.2 Å². The molecule has 3 N–H and O–H groups in total. The Bertz CT molecular complexity index is 644. The van der Waals surface area contributed by atoms with Crippen LogP contribution in [0.5, 0.6) is 5.75 Å². The standard InChI is InChI=1S/C14H18ClN5O.HI/c1-10-17-5-7-20(10)8-6-18-14(16)19-11-3-4-13(21-2)12(15)9-11;/h3-5,7,9H,6,8H2,1-2H3,(H3,16,18,19);1H. The van der Waals surface area contributed by atoms with Gasteiger partial charge >= 0.3 is 0 Å². The van der Waals surface area contributed by atoms with E-state index in [9.17, 15) is 0 Å². The number of hydrogen-bond acceptors (Lipinski definition) is 3. The smallest absolute Gasteiger partial charge is 0.193 e. The number of nitrogens with zero attached hydrogens (tertiary/aromatic N) is 3. The molecule has 22 heavy (non-hydrogen) atoms. The lowest BCUT2D eigenvalue weighted by molar-refractivity contribution is 0.415. The highest BCUT2D eigenvalue weighted by molar-refractivity contribution is 14.0. The molecule has 120 valence electrons. The van der Waals surface area contributed by atoms with Crippen LogP contribution in [-0.2, 0) is 6.54 Å². The lowest BCUT2D eigenvalue weighted by Gasteiger charge is -2.08. The summed E-state index contributed by atoms with van der Waals surface area (Å²) in [6.07, 6.45) is 3.68. The Balaban J connectivity index is 0.00000242. The molecule has 0 atom stereocenters. The third-order valence-electron chi connectivity index (χ3n) is 2.97. The van der Waals surface area contributed by atoms with Crippen molar-refractivity contribution < 1.29 is 4.74 Å². The molecule has 8 heteroatoms. The number of imidazole rings is 1. The Morgan fingerprint density at radius 3 is 2.86 bits per heavy atom. The number of aromatic nitrogens is 2. The first-order valence-electron chi connectivity index (χ1n) is 6.48. The topological polar surface area (TPSA) is 77.5 Å². The fourth-order valence-corrected chi connectivity index (χ4v) is 2.11. The van der Waals surface area contributed by atoms with E-state index in [1.165, 1.54) is 0 Å². The molecule has 2 aromatic rings. The van der Waals surface area contributed by atoms with Crippen molar-refractivity contribution in [1.29, 1.82) is 0 Å². The number of nitrogens with one attached hydrogen (secondary N) is 1. The molecular weight excluding hydrogens is 417 g/mol. The zero-order chi connectivity index (χ0) is 15.2. The average Bonchev–Trinajstić information content (AvgIpc) is 2.85. The van der Waals surface area contributed by atoms with Crippen LogP contribution in [0.4, 0.5) is 5.69 Å². The molecule has 0 aliphatic rings. The van der Waals surface area contributed by atoms with Crippen molar-refractivity contribution in [2.24, 2.45) is 10.7 Å². The van der Waals surface area contributed by atoms with Crippen molar-refractivity contribution >= 4 is 47.2 Å². The quantitative estimate of drug-likeness (QED) is 0.430. The molecule has 1 aromatic heterocycles. The van der Waals surface area contributed by atoms with Crippen LogP contribution in [0, 0.1) is 6.92 Å². The number of methoxy groups -OCH3 is 1. The summed E-state index contributed by atoms with van der Waals surface area (Å²) in [5.41, 5.74) is 6.61. The van der Waals surface area contributed by atoms with E-state index in [1.807, 2.05) is 23.8 Å². The van der Waals surface area contributed by atoms with Crippen LogP contribution in [0.3, 0.4) is 0 Å². The van der Waals surface area contributed by atoms with Gasteiger partial charge in [0.25, 0.3) is 0 Å². The van der Waals surface area contributed by atoms with E-state index < -0.39 is 0 Å². The minimum Gasteiger partial charge on any atom is -0.495 e. The third kappa shape index (κ3) is 5.06. The highest BCUT2D eigenvalue weighted by Gasteiger charge is 2.02. The Labute approximate surface area is 151 Å². The predicted octanol–water partition coefficient (Wildman–Crippen LogP) is 2.90. The van der Waals surface area contributed by atoms with Gasteiger partial charge in [-0.25, -0.2) is 4.98 Å². The number of nitrogens with two attached hydrogens (primary N) is 1. The van der Waals surface area contributed by atoms with E-state index in [1.54, 1.807) is 25.4 Å². The van der Waals surface area contributed by atoms with Gasteiger partial charge in [-0.05, 0) is 25.1 Å². The lowest BCUT2D eigenvalue weighted by Crippen LogP contribution is -2.23. The second-order valence-electron chi connectivity index (χ2n) is 4.41. The van der Waals surface area contributed by atoms with Gasteiger partial charge in [0.1, 0.15) is 11.6 Å². The second kappa shape index (κ2) is 8.84. The summed E-state index contributed by atoms with van der Waals surface area (Å²) < 4.78 is 7.11. The molecule has 0 spiro atoms. The minimum absolute atomic E-state index is 0. The first kappa shape index (κ1) is 18.6. The highest BCUT2D eigenvalue weighted by Crippen LogP contribution is 2.26. The van der Waals surface area contributed by atoms with E-state index in [0.717, 1.165) is 18.1 Å².